The van der Waals surface area contributed by atoms with Crippen LogP contribution in [0.5, 0.6) is 0 Å². The molecular formula is C11H8BrFO4. The molecule has 0 spiro atoms. The first-order valence-electron chi connectivity index (χ1n) is 4.44. The van der Waals surface area contributed by atoms with Crippen LogP contribution in [0.2, 0.25) is 0 Å². The summed E-state index contributed by atoms with van der Waals surface area (Å²) >= 11 is 3.04. The van der Waals surface area contributed by atoms with Crippen LogP contribution >= 0.6 is 15.9 Å². The molecule has 1 aromatic rings. The van der Waals surface area contributed by atoms with E-state index in [1.54, 1.807) is 0 Å². The molecule has 0 aliphatic carbocycles. The minimum absolute atomic E-state index is 0.247. The summed E-state index contributed by atoms with van der Waals surface area (Å²) in [6.07, 6.45) is 0.609. The lowest BCUT2D eigenvalue weighted by atomic mass is 10.1. The van der Waals surface area contributed by atoms with Crippen molar-refractivity contribution in [2.75, 3.05) is 7.11 Å². The van der Waals surface area contributed by atoms with Gasteiger partial charge in [0.15, 0.2) is 5.78 Å². The Morgan fingerprint density at radius 3 is 2.65 bits per heavy atom. The number of carbonyl (C=O) groups excluding carboxylic acids is 2. The Morgan fingerprint density at radius 2 is 2.12 bits per heavy atom. The number of ether oxygens (including phenoxy) is 1. The lowest BCUT2D eigenvalue weighted by Crippen LogP contribution is -2.07. The molecule has 0 bridgehead atoms. The first-order valence-corrected chi connectivity index (χ1v) is 5.23. The summed E-state index contributed by atoms with van der Waals surface area (Å²) in [5, 5.41) is 9.13. The SMILES string of the molecule is COC(=O)C(O)=CC(=O)c1ccc(Br)cc1F. The summed E-state index contributed by atoms with van der Waals surface area (Å²) in [6, 6.07) is 3.82. The third-order valence-electron chi connectivity index (χ3n) is 1.86. The quantitative estimate of drug-likeness (QED) is 0.403. The number of carbonyl (C=O) groups is 2. The van der Waals surface area contributed by atoms with Gasteiger partial charge in [0, 0.05) is 10.5 Å². The van der Waals surface area contributed by atoms with E-state index in [4.69, 9.17) is 5.11 Å². The highest BCUT2D eigenvalue weighted by Crippen LogP contribution is 2.16. The Bertz CT molecular complexity index is 496. The van der Waals surface area contributed by atoms with Gasteiger partial charge < -0.3 is 9.84 Å². The van der Waals surface area contributed by atoms with Crippen molar-refractivity contribution in [1.29, 1.82) is 0 Å². The van der Waals surface area contributed by atoms with E-state index >= 15 is 0 Å². The number of allylic oxidation sites excluding steroid dienone is 1. The van der Waals surface area contributed by atoms with E-state index < -0.39 is 23.3 Å². The summed E-state index contributed by atoms with van der Waals surface area (Å²) in [4.78, 5) is 22.3. The van der Waals surface area contributed by atoms with E-state index in [0.29, 0.717) is 10.5 Å². The van der Waals surface area contributed by atoms with Crippen molar-refractivity contribution in [3.05, 3.63) is 45.9 Å². The molecule has 0 radical (unpaired) electrons. The second-order valence-electron chi connectivity index (χ2n) is 3.01. The maximum atomic E-state index is 13.4. The average Bonchev–Trinajstić information content (AvgIpc) is 2.27. The molecule has 0 aliphatic rings. The number of aliphatic hydroxyl groups excluding tert-OH is 1. The van der Waals surface area contributed by atoms with Gasteiger partial charge in [0.2, 0.25) is 5.76 Å². The predicted molar refractivity (Wildman–Crippen MR) is 61.2 cm³/mol. The van der Waals surface area contributed by atoms with Crippen molar-refractivity contribution in [1.82, 2.24) is 0 Å². The molecule has 0 aliphatic heterocycles. The van der Waals surface area contributed by atoms with E-state index in [9.17, 15) is 14.0 Å². The van der Waals surface area contributed by atoms with Gasteiger partial charge in [-0.05, 0) is 18.2 Å². The minimum atomic E-state index is -1.06. The van der Waals surface area contributed by atoms with Crippen molar-refractivity contribution in [3.8, 4) is 0 Å². The number of aliphatic hydroxyl groups is 1. The fourth-order valence-corrected chi connectivity index (χ4v) is 1.39. The number of hydrogen-bond acceptors (Lipinski definition) is 4. The van der Waals surface area contributed by atoms with Gasteiger partial charge in [0.1, 0.15) is 5.82 Å². The topological polar surface area (TPSA) is 63.6 Å². The second-order valence-corrected chi connectivity index (χ2v) is 3.93. The van der Waals surface area contributed by atoms with Crippen LogP contribution in [0.4, 0.5) is 4.39 Å². The fraction of sp³-hybridized carbons (Fsp3) is 0.0909. The molecule has 0 amide bonds. The van der Waals surface area contributed by atoms with Gasteiger partial charge in [0.05, 0.1) is 12.7 Å². The number of benzene rings is 1. The van der Waals surface area contributed by atoms with Gasteiger partial charge >= 0.3 is 5.97 Å². The Hall–Kier alpha value is -1.69. The van der Waals surface area contributed by atoms with Gasteiger partial charge in [-0.15, -0.1) is 0 Å². The molecule has 0 unspecified atom stereocenters. The van der Waals surface area contributed by atoms with Crippen LogP contribution in [0.3, 0.4) is 0 Å². The van der Waals surface area contributed by atoms with Gasteiger partial charge in [-0.1, -0.05) is 15.9 Å². The molecular weight excluding hydrogens is 295 g/mol. The van der Waals surface area contributed by atoms with Crippen LogP contribution < -0.4 is 0 Å². The number of ketones is 1. The van der Waals surface area contributed by atoms with Crippen LogP contribution in [0, 0.1) is 5.82 Å². The van der Waals surface area contributed by atoms with E-state index in [1.807, 2.05) is 0 Å². The standard InChI is InChI=1S/C11H8BrFO4/c1-17-11(16)10(15)5-9(14)7-3-2-6(12)4-8(7)13/h2-5,15H,1H3. The number of methoxy groups -OCH3 is 1. The molecule has 1 N–H and O–H groups in total. The van der Waals surface area contributed by atoms with Gasteiger partial charge in [-0.3, -0.25) is 4.79 Å². The highest BCUT2D eigenvalue weighted by atomic mass is 79.9. The summed E-state index contributed by atoms with van der Waals surface area (Å²) in [5.41, 5.74) is -0.247. The van der Waals surface area contributed by atoms with Crippen LogP contribution in [-0.4, -0.2) is 24.0 Å². The molecule has 0 saturated heterocycles. The number of esters is 1. The average molecular weight is 303 g/mol. The Morgan fingerprint density at radius 1 is 1.47 bits per heavy atom. The maximum Gasteiger partial charge on any atom is 0.373 e. The predicted octanol–water partition coefficient (Wildman–Crippen LogP) is 2.39. The maximum absolute atomic E-state index is 13.4. The Balaban J connectivity index is 3.02. The van der Waals surface area contributed by atoms with Crippen molar-refractivity contribution >= 4 is 27.7 Å². The van der Waals surface area contributed by atoms with Gasteiger partial charge in [-0.25, -0.2) is 9.18 Å². The van der Waals surface area contributed by atoms with Gasteiger partial charge in [-0.2, -0.15) is 0 Å². The normalized spacial score (nSPS) is 11.1. The molecule has 4 nitrogen and oxygen atoms in total. The highest BCUT2D eigenvalue weighted by molar-refractivity contribution is 9.10. The zero-order chi connectivity index (χ0) is 13.0. The molecule has 90 valence electrons. The first-order chi connectivity index (χ1) is 7.95. The molecule has 0 fully saturated rings. The molecule has 0 aromatic heterocycles. The van der Waals surface area contributed by atoms with E-state index in [0.717, 1.165) is 13.2 Å². The molecule has 0 atom stereocenters. The van der Waals surface area contributed by atoms with Crippen LogP contribution in [0.1, 0.15) is 10.4 Å². The second kappa shape index (κ2) is 5.58. The summed E-state index contributed by atoms with van der Waals surface area (Å²) < 4.78 is 18.0. The van der Waals surface area contributed by atoms with E-state index in [2.05, 4.69) is 20.7 Å². The number of hydrogen-bond donors (Lipinski definition) is 1. The Kier molecular flexibility index (Phi) is 4.39. The molecule has 1 rings (SSSR count). The van der Waals surface area contributed by atoms with Crippen molar-refractivity contribution in [3.63, 3.8) is 0 Å². The number of rotatable bonds is 3. The zero-order valence-corrected chi connectivity index (χ0v) is 10.3. The van der Waals surface area contributed by atoms with Crippen LogP contribution in [0.25, 0.3) is 0 Å². The summed E-state index contributed by atoms with van der Waals surface area (Å²) in [6.45, 7) is 0. The first kappa shape index (κ1) is 13.4. The smallest absolute Gasteiger partial charge is 0.373 e. The molecule has 0 heterocycles. The van der Waals surface area contributed by atoms with E-state index in [-0.39, 0.29) is 5.56 Å². The van der Waals surface area contributed by atoms with E-state index in [1.165, 1.54) is 12.1 Å². The summed E-state index contributed by atoms with van der Waals surface area (Å²) in [5.74, 6) is -3.51. The molecule has 6 heteroatoms. The molecule has 1 aromatic carbocycles. The lowest BCUT2D eigenvalue weighted by Gasteiger charge is -2.00. The molecule has 0 saturated carbocycles. The lowest BCUT2D eigenvalue weighted by molar-refractivity contribution is -0.139. The third-order valence-corrected chi connectivity index (χ3v) is 2.35. The monoisotopic (exact) mass is 302 g/mol. The number of halogens is 2. The fourth-order valence-electron chi connectivity index (χ4n) is 1.05. The summed E-state index contributed by atoms with van der Waals surface area (Å²) in [7, 11) is 1.05. The zero-order valence-electron chi connectivity index (χ0n) is 8.74. The van der Waals surface area contributed by atoms with Crippen LogP contribution in [-0.2, 0) is 9.53 Å². The van der Waals surface area contributed by atoms with Crippen molar-refractivity contribution in [2.45, 2.75) is 0 Å². The van der Waals surface area contributed by atoms with Crippen LogP contribution in [0.15, 0.2) is 34.5 Å². The molecule has 17 heavy (non-hydrogen) atoms. The minimum Gasteiger partial charge on any atom is -0.502 e. The Labute approximate surface area is 105 Å². The van der Waals surface area contributed by atoms with Crippen molar-refractivity contribution in [2.24, 2.45) is 0 Å². The largest absolute Gasteiger partial charge is 0.502 e. The van der Waals surface area contributed by atoms with Gasteiger partial charge in [0.25, 0.3) is 0 Å². The highest BCUT2D eigenvalue weighted by Gasteiger charge is 2.14. The van der Waals surface area contributed by atoms with Crippen molar-refractivity contribution < 1.29 is 23.8 Å². The third kappa shape index (κ3) is 3.39.